The van der Waals surface area contributed by atoms with Gasteiger partial charge in [-0.05, 0) is 18.0 Å². The van der Waals surface area contributed by atoms with Crippen molar-refractivity contribution in [1.82, 2.24) is 0 Å². The Morgan fingerprint density at radius 1 is 1.43 bits per heavy atom. The van der Waals surface area contributed by atoms with Crippen LogP contribution in [-0.2, 0) is 9.53 Å². The fourth-order valence-electron chi connectivity index (χ4n) is 0.960. The molecule has 0 amide bonds. The summed E-state index contributed by atoms with van der Waals surface area (Å²) in [5.41, 5.74) is 0. The maximum atomic E-state index is 11.7. The summed E-state index contributed by atoms with van der Waals surface area (Å²) in [6.07, 6.45) is -4.26. The lowest BCUT2D eigenvalue weighted by atomic mass is 10.1. The van der Waals surface area contributed by atoms with Crippen molar-refractivity contribution in [2.75, 3.05) is 0 Å². The van der Waals surface area contributed by atoms with Crippen LogP contribution in [0.25, 0.3) is 0 Å². The van der Waals surface area contributed by atoms with E-state index in [0.717, 1.165) is 12.8 Å². The molecule has 1 atom stereocenters. The Balaban J connectivity index is 3.97. The van der Waals surface area contributed by atoms with Crippen molar-refractivity contribution >= 4 is 16.8 Å². The third-order valence-corrected chi connectivity index (χ3v) is 1.84. The molecule has 0 saturated carbocycles. The van der Waals surface area contributed by atoms with Crippen molar-refractivity contribution in [3.8, 4) is 0 Å². The van der Waals surface area contributed by atoms with E-state index < -0.39 is 17.7 Å². The van der Waals surface area contributed by atoms with Crippen molar-refractivity contribution in [3.63, 3.8) is 0 Å². The van der Waals surface area contributed by atoms with E-state index in [4.69, 9.17) is 11.6 Å². The van der Waals surface area contributed by atoms with E-state index in [1.54, 1.807) is 0 Å². The third-order valence-electron chi connectivity index (χ3n) is 1.60. The number of ether oxygens (including phenoxy) is 1. The molecular formula is C8H12ClF3O2. The summed E-state index contributed by atoms with van der Waals surface area (Å²) >= 11 is 4.96. The van der Waals surface area contributed by atoms with E-state index in [2.05, 4.69) is 4.74 Å². The smallest absolute Gasteiger partial charge is 0.279 e. The molecule has 0 spiro atoms. The van der Waals surface area contributed by atoms with E-state index in [1.807, 2.05) is 6.92 Å². The molecule has 0 aliphatic heterocycles. The van der Waals surface area contributed by atoms with Crippen LogP contribution in [-0.4, -0.2) is 17.7 Å². The molecule has 0 bridgehead atoms. The quantitative estimate of drug-likeness (QED) is 0.519. The van der Waals surface area contributed by atoms with Crippen molar-refractivity contribution in [1.29, 1.82) is 0 Å². The Bertz CT molecular complexity index is 182. The van der Waals surface area contributed by atoms with Crippen LogP contribution in [0.3, 0.4) is 0 Å². The number of hydrogen-bond acceptors (Lipinski definition) is 2. The van der Waals surface area contributed by atoms with Gasteiger partial charge in [0.25, 0.3) is 5.24 Å². The average Bonchev–Trinajstić information content (AvgIpc) is 2.00. The zero-order valence-electron chi connectivity index (χ0n) is 7.73. The topological polar surface area (TPSA) is 26.3 Å². The Hall–Kier alpha value is -0.290. The zero-order chi connectivity index (χ0) is 11.2. The number of rotatable bonds is 6. The molecule has 1 unspecified atom stereocenters. The minimum atomic E-state index is -4.80. The Morgan fingerprint density at radius 3 is 2.36 bits per heavy atom. The normalized spacial score (nSPS) is 14.1. The van der Waals surface area contributed by atoms with Crippen LogP contribution in [0.4, 0.5) is 13.2 Å². The first-order valence-corrected chi connectivity index (χ1v) is 4.68. The van der Waals surface area contributed by atoms with Crippen molar-refractivity contribution < 1.29 is 22.7 Å². The van der Waals surface area contributed by atoms with Gasteiger partial charge >= 0.3 is 6.36 Å². The van der Waals surface area contributed by atoms with Gasteiger partial charge in [0.1, 0.15) is 6.10 Å². The molecule has 0 radical (unpaired) electrons. The van der Waals surface area contributed by atoms with Gasteiger partial charge in [-0.15, -0.1) is 13.2 Å². The molecular weight excluding hydrogens is 221 g/mol. The molecule has 0 N–H and O–H groups in total. The molecule has 0 aromatic heterocycles. The van der Waals surface area contributed by atoms with E-state index in [1.165, 1.54) is 0 Å². The average molecular weight is 233 g/mol. The van der Waals surface area contributed by atoms with Gasteiger partial charge in [0.05, 0.1) is 0 Å². The molecule has 0 aromatic rings. The lowest BCUT2D eigenvalue weighted by Crippen LogP contribution is -2.28. The van der Waals surface area contributed by atoms with Gasteiger partial charge in [0.2, 0.25) is 0 Å². The number of hydrogen-bond donors (Lipinski definition) is 0. The summed E-state index contributed by atoms with van der Waals surface area (Å²) < 4.78 is 38.8. The SMILES string of the molecule is CCCCCC(OC(F)(F)F)C(=O)Cl. The first-order chi connectivity index (χ1) is 6.37. The first kappa shape index (κ1) is 13.7. The van der Waals surface area contributed by atoms with Crippen LogP contribution in [0.1, 0.15) is 32.6 Å². The molecule has 6 heteroatoms. The Kier molecular flexibility index (Phi) is 6.11. The lowest BCUT2D eigenvalue weighted by molar-refractivity contribution is -0.337. The highest BCUT2D eigenvalue weighted by molar-refractivity contribution is 6.64. The van der Waals surface area contributed by atoms with Crippen molar-refractivity contribution in [2.24, 2.45) is 0 Å². The van der Waals surface area contributed by atoms with Gasteiger partial charge in [0.15, 0.2) is 0 Å². The second-order valence-electron chi connectivity index (χ2n) is 2.85. The van der Waals surface area contributed by atoms with Crippen LogP contribution < -0.4 is 0 Å². The molecule has 0 fully saturated rings. The summed E-state index contributed by atoms with van der Waals surface area (Å²) in [5.74, 6) is 0. The highest BCUT2D eigenvalue weighted by Gasteiger charge is 2.35. The van der Waals surface area contributed by atoms with E-state index in [-0.39, 0.29) is 6.42 Å². The van der Waals surface area contributed by atoms with E-state index in [9.17, 15) is 18.0 Å². The summed E-state index contributed by atoms with van der Waals surface area (Å²) in [7, 11) is 0. The maximum Gasteiger partial charge on any atom is 0.523 e. The number of carbonyl (C=O) groups excluding carboxylic acids is 1. The fourth-order valence-corrected chi connectivity index (χ4v) is 1.11. The lowest BCUT2D eigenvalue weighted by Gasteiger charge is -2.15. The molecule has 0 saturated heterocycles. The highest BCUT2D eigenvalue weighted by Crippen LogP contribution is 2.22. The van der Waals surface area contributed by atoms with Gasteiger partial charge in [-0.2, -0.15) is 0 Å². The maximum absolute atomic E-state index is 11.7. The minimum absolute atomic E-state index is 0.00961. The van der Waals surface area contributed by atoms with Crippen LogP contribution in [0.15, 0.2) is 0 Å². The molecule has 0 aliphatic carbocycles. The van der Waals surface area contributed by atoms with Crippen LogP contribution >= 0.6 is 11.6 Å². The van der Waals surface area contributed by atoms with Crippen molar-refractivity contribution in [2.45, 2.75) is 45.1 Å². The molecule has 0 rings (SSSR count). The van der Waals surface area contributed by atoms with Gasteiger partial charge in [-0.3, -0.25) is 9.53 Å². The molecule has 14 heavy (non-hydrogen) atoms. The predicted octanol–water partition coefficient (Wildman–Crippen LogP) is 3.24. The number of carbonyl (C=O) groups is 1. The van der Waals surface area contributed by atoms with Crippen LogP contribution in [0.5, 0.6) is 0 Å². The molecule has 84 valence electrons. The predicted molar refractivity (Wildman–Crippen MR) is 45.9 cm³/mol. The molecule has 0 aliphatic rings. The van der Waals surface area contributed by atoms with Gasteiger partial charge in [-0.1, -0.05) is 26.2 Å². The van der Waals surface area contributed by atoms with Crippen LogP contribution in [0, 0.1) is 0 Å². The van der Waals surface area contributed by atoms with Gasteiger partial charge in [-0.25, -0.2) is 0 Å². The first-order valence-electron chi connectivity index (χ1n) is 4.30. The van der Waals surface area contributed by atoms with Gasteiger partial charge < -0.3 is 0 Å². The summed E-state index contributed by atoms with van der Waals surface area (Å²) in [6.45, 7) is 1.90. The monoisotopic (exact) mass is 232 g/mol. The summed E-state index contributed by atoms with van der Waals surface area (Å²) in [6, 6.07) is 0. The molecule has 0 aromatic carbocycles. The summed E-state index contributed by atoms with van der Waals surface area (Å²) in [5, 5.41) is -1.10. The van der Waals surface area contributed by atoms with Gasteiger partial charge in [0, 0.05) is 0 Å². The Labute approximate surface area is 85.4 Å². The van der Waals surface area contributed by atoms with E-state index >= 15 is 0 Å². The van der Waals surface area contributed by atoms with Crippen LogP contribution in [0.2, 0.25) is 0 Å². The number of unbranched alkanes of at least 4 members (excludes halogenated alkanes) is 2. The number of alkyl halides is 3. The van der Waals surface area contributed by atoms with Crippen molar-refractivity contribution in [3.05, 3.63) is 0 Å². The Morgan fingerprint density at radius 2 is 2.00 bits per heavy atom. The largest absolute Gasteiger partial charge is 0.523 e. The molecule has 2 nitrogen and oxygen atoms in total. The second kappa shape index (κ2) is 6.24. The molecule has 0 heterocycles. The highest BCUT2D eigenvalue weighted by atomic mass is 35.5. The standard InChI is InChI=1S/C8H12ClF3O2/c1-2-3-4-5-6(7(9)13)14-8(10,11)12/h6H,2-5H2,1H3. The minimum Gasteiger partial charge on any atom is -0.279 e. The second-order valence-corrected chi connectivity index (χ2v) is 3.22. The third kappa shape index (κ3) is 7.15. The summed E-state index contributed by atoms with van der Waals surface area (Å²) in [4.78, 5) is 10.6. The zero-order valence-corrected chi connectivity index (χ0v) is 8.49. The fraction of sp³-hybridized carbons (Fsp3) is 0.875. The number of halogens is 4. The van der Waals surface area contributed by atoms with E-state index in [0.29, 0.717) is 6.42 Å².